The van der Waals surface area contributed by atoms with Crippen LogP contribution in [0.5, 0.6) is 0 Å². The van der Waals surface area contributed by atoms with Crippen LogP contribution in [0, 0.1) is 5.92 Å². The maximum Gasteiger partial charge on any atom is 0.313 e. The zero-order valence-corrected chi connectivity index (χ0v) is 10.7. The SMILES string of the molecule is C[C@@H]1CCC[C@](O)([C@@H](C(=O)O)c2ccccc2)C1. The van der Waals surface area contributed by atoms with Gasteiger partial charge in [-0.3, -0.25) is 4.79 Å². The van der Waals surface area contributed by atoms with E-state index in [9.17, 15) is 15.0 Å². The third-order valence-electron chi connectivity index (χ3n) is 3.93. The third kappa shape index (κ3) is 2.56. The molecule has 0 amide bonds. The maximum atomic E-state index is 11.6. The van der Waals surface area contributed by atoms with E-state index in [1.165, 1.54) is 0 Å². The first-order valence-corrected chi connectivity index (χ1v) is 6.53. The average molecular weight is 248 g/mol. The maximum absolute atomic E-state index is 11.6. The molecule has 3 atom stereocenters. The molecule has 3 heteroatoms. The van der Waals surface area contributed by atoms with Gasteiger partial charge in [-0.05, 0) is 24.3 Å². The van der Waals surface area contributed by atoms with Crippen LogP contribution in [0.15, 0.2) is 30.3 Å². The van der Waals surface area contributed by atoms with Gasteiger partial charge in [0.05, 0.1) is 5.60 Å². The number of benzene rings is 1. The van der Waals surface area contributed by atoms with E-state index in [2.05, 4.69) is 6.92 Å². The van der Waals surface area contributed by atoms with Crippen molar-refractivity contribution in [2.45, 2.75) is 44.1 Å². The fourth-order valence-corrected chi connectivity index (χ4v) is 3.15. The minimum Gasteiger partial charge on any atom is -0.481 e. The van der Waals surface area contributed by atoms with Crippen LogP contribution >= 0.6 is 0 Å². The van der Waals surface area contributed by atoms with Crippen molar-refractivity contribution in [3.8, 4) is 0 Å². The molecular weight excluding hydrogens is 228 g/mol. The van der Waals surface area contributed by atoms with Crippen molar-refractivity contribution in [1.29, 1.82) is 0 Å². The van der Waals surface area contributed by atoms with Gasteiger partial charge in [-0.15, -0.1) is 0 Å². The van der Waals surface area contributed by atoms with Gasteiger partial charge in [0.25, 0.3) is 0 Å². The Morgan fingerprint density at radius 3 is 2.61 bits per heavy atom. The third-order valence-corrected chi connectivity index (χ3v) is 3.93. The molecule has 1 aliphatic rings. The lowest BCUT2D eigenvalue weighted by atomic mass is 9.69. The first-order valence-electron chi connectivity index (χ1n) is 6.53. The Balaban J connectivity index is 2.33. The number of carboxylic acid groups (broad SMARTS) is 1. The highest BCUT2D eigenvalue weighted by Crippen LogP contribution is 2.42. The Labute approximate surface area is 107 Å². The van der Waals surface area contributed by atoms with Crippen molar-refractivity contribution >= 4 is 5.97 Å². The Hall–Kier alpha value is -1.35. The zero-order valence-electron chi connectivity index (χ0n) is 10.7. The Bertz CT molecular complexity index is 415. The molecule has 1 aliphatic carbocycles. The minimum absolute atomic E-state index is 0.384. The number of rotatable bonds is 3. The van der Waals surface area contributed by atoms with Crippen LogP contribution in [-0.2, 0) is 4.79 Å². The highest BCUT2D eigenvalue weighted by Gasteiger charge is 2.44. The lowest BCUT2D eigenvalue weighted by Crippen LogP contribution is -2.44. The molecule has 0 radical (unpaired) electrons. The van der Waals surface area contributed by atoms with Crippen molar-refractivity contribution in [3.05, 3.63) is 35.9 Å². The lowest BCUT2D eigenvalue weighted by molar-refractivity contribution is -0.148. The van der Waals surface area contributed by atoms with Gasteiger partial charge in [-0.25, -0.2) is 0 Å². The highest BCUT2D eigenvalue weighted by molar-refractivity contribution is 5.77. The summed E-state index contributed by atoms with van der Waals surface area (Å²) >= 11 is 0. The van der Waals surface area contributed by atoms with Crippen molar-refractivity contribution in [1.82, 2.24) is 0 Å². The van der Waals surface area contributed by atoms with Gasteiger partial charge in [0, 0.05) is 0 Å². The van der Waals surface area contributed by atoms with Gasteiger partial charge in [0.1, 0.15) is 5.92 Å². The molecule has 1 saturated carbocycles. The van der Waals surface area contributed by atoms with Crippen LogP contribution in [0.4, 0.5) is 0 Å². The number of hydrogen-bond donors (Lipinski definition) is 2. The summed E-state index contributed by atoms with van der Waals surface area (Å²) in [6.07, 6.45) is 3.11. The summed E-state index contributed by atoms with van der Waals surface area (Å²) < 4.78 is 0. The molecule has 0 aliphatic heterocycles. The van der Waals surface area contributed by atoms with Crippen LogP contribution in [0.2, 0.25) is 0 Å². The second kappa shape index (κ2) is 5.11. The number of aliphatic hydroxyl groups is 1. The van der Waals surface area contributed by atoms with Gasteiger partial charge in [-0.1, -0.05) is 50.1 Å². The van der Waals surface area contributed by atoms with Crippen molar-refractivity contribution in [3.63, 3.8) is 0 Å². The Morgan fingerprint density at radius 2 is 2.06 bits per heavy atom. The minimum atomic E-state index is -1.11. The highest BCUT2D eigenvalue weighted by atomic mass is 16.4. The topological polar surface area (TPSA) is 57.5 Å². The summed E-state index contributed by atoms with van der Waals surface area (Å²) in [5.74, 6) is -1.37. The molecule has 18 heavy (non-hydrogen) atoms. The van der Waals surface area contributed by atoms with Crippen molar-refractivity contribution in [2.75, 3.05) is 0 Å². The van der Waals surface area contributed by atoms with E-state index in [-0.39, 0.29) is 0 Å². The van der Waals surface area contributed by atoms with Gasteiger partial charge in [0.15, 0.2) is 0 Å². The molecule has 1 aromatic rings. The summed E-state index contributed by atoms with van der Waals surface area (Å²) in [6, 6.07) is 9.07. The molecular formula is C15H20O3. The summed E-state index contributed by atoms with van der Waals surface area (Å²) in [7, 11) is 0. The summed E-state index contributed by atoms with van der Waals surface area (Å²) in [5.41, 5.74) is -0.410. The van der Waals surface area contributed by atoms with Crippen LogP contribution in [0.1, 0.15) is 44.1 Å². The molecule has 0 aromatic heterocycles. The van der Waals surface area contributed by atoms with Crippen molar-refractivity contribution < 1.29 is 15.0 Å². The molecule has 0 saturated heterocycles. The lowest BCUT2D eigenvalue weighted by Gasteiger charge is -2.39. The summed E-state index contributed by atoms with van der Waals surface area (Å²) in [4.78, 5) is 11.6. The molecule has 0 heterocycles. The van der Waals surface area contributed by atoms with Gasteiger partial charge in [0.2, 0.25) is 0 Å². The van der Waals surface area contributed by atoms with E-state index in [0.29, 0.717) is 24.3 Å². The number of carboxylic acids is 1. The summed E-state index contributed by atoms with van der Waals surface area (Å²) in [5, 5.41) is 20.2. The van der Waals surface area contributed by atoms with Gasteiger partial charge < -0.3 is 10.2 Å². The van der Waals surface area contributed by atoms with Crippen LogP contribution in [0.25, 0.3) is 0 Å². The fourth-order valence-electron chi connectivity index (χ4n) is 3.15. The molecule has 3 nitrogen and oxygen atoms in total. The predicted octanol–water partition coefficient (Wildman–Crippen LogP) is 2.80. The quantitative estimate of drug-likeness (QED) is 0.864. The Kier molecular flexibility index (Phi) is 3.71. The van der Waals surface area contributed by atoms with E-state index < -0.39 is 17.5 Å². The van der Waals surface area contributed by atoms with Crippen LogP contribution in [-0.4, -0.2) is 21.8 Å². The normalized spacial score (nSPS) is 29.8. The average Bonchev–Trinajstić information content (AvgIpc) is 2.29. The number of hydrogen-bond acceptors (Lipinski definition) is 2. The predicted molar refractivity (Wildman–Crippen MR) is 69.4 cm³/mol. The monoisotopic (exact) mass is 248 g/mol. The smallest absolute Gasteiger partial charge is 0.313 e. The molecule has 0 unspecified atom stereocenters. The van der Waals surface area contributed by atoms with Gasteiger partial charge >= 0.3 is 5.97 Å². The molecule has 98 valence electrons. The number of aliphatic carboxylic acids is 1. The Morgan fingerprint density at radius 1 is 1.39 bits per heavy atom. The van der Waals surface area contributed by atoms with E-state index in [1.54, 1.807) is 12.1 Å². The second-order valence-electron chi connectivity index (χ2n) is 5.49. The standard InChI is InChI=1S/C15H20O3/c1-11-6-5-9-15(18,10-11)13(14(16)17)12-7-3-2-4-8-12/h2-4,7-8,11,13,18H,5-6,9-10H2,1H3,(H,16,17)/t11-,13-,15-/m1/s1. The fraction of sp³-hybridized carbons (Fsp3) is 0.533. The van der Waals surface area contributed by atoms with E-state index in [1.807, 2.05) is 18.2 Å². The molecule has 0 bridgehead atoms. The van der Waals surface area contributed by atoms with Gasteiger partial charge in [-0.2, -0.15) is 0 Å². The zero-order chi connectivity index (χ0) is 13.2. The molecule has 2 N–H and O–H groups in total. The van der Waals surface area contributed by atoms with E-state index in [0.717, 1.165) is 12.8 Å². The molecule has 0 spiro atoms. The van der Waals surface area contributed by atoms with Crippen LogP contribution < -0.4 is 0 Å². The molecule has 2 rings (SSSR count). The molecule has 1 aromatic carbocycles. The largest absolute Gasteiger partial charge is 0.481 e. The van der Waals surface area contributed by atoms with E-state index >= 15 is 0 Å². The number of carbonyl (C=O) groups is 1. The summed E-state index contributed by atoms with van der Waals surface area (Å²) in [6.45, 7) is 2.08. The first-order chi connectivity index (χ1) is 8.53. The van der Waals surface area contributed by atoms with Crippen molar-refractivity contribution in [2.24, 2.45) is 5.92 Å². The van der Waals surface area contributed by atoms with Crippen LogP contribution in [0.3, 0.4) is 0 Å². The second-order valence-corrected chi connectivity index (χ2v) is 5.49. The first kappa shape index (κ1) is 13.1. The molecule has 1 fully saturated rings. The van der Waals surface area contributed by atoms with E-state index in [4.69, 9.17) is 0 Å².